The van der Waals surface area contributed by atoms with Crippen molar-refractivity contribution in [3.05, 3.63) is 35.4 Å². The number of alkyl halides is 3. The molecule has 1 aliphatic rings. The third-order valence-electron chi connectivity index (χ3n) is 3.70. The molecule has 4 heteroatoms. The van der Waals surface area contributed by atoms with Gasteiger partial charge in [0.25, 0.3) is 0 Å². The Morgan fingerprint density at radius 3 is 2.53 bits per heavy atom. The molecule has 0 N–H and O–H groups in total. The van der Waals surface area contributed by atoms with E-state index < -0.39 is 17.2 Å². The van der Waals surface area contributed by atoms with E-state index in [9.17, 15) is 18.0 Å². The predicted octanol–water partition coefficient (Wildman–Crippen LogP) is 3.57. The molecule has 1 saturated carbocycles. The molecular formula is C13H13F3O. The van der Waals surface area contributed by atoms with Crippen LogP contribution >= 0.6 is 0 Å². The van der Waals surface area contributed by atoms with E-state index in [-0.39, 0.29) is 11.5 Å². The van der Waals surface area contributed by atoms with Crippen molar-refractivity contribution in [2.45, 2.75) is 31.4 Å². The highest BCUT2D eigenvalue weighted by Gasteiger charge is 2.56. The number of aldehydes is 1. The van der Waals surface area contributed by atoms with Gasteiger partial charge >= 0.3 is 6.18 Å². The van der Waals surface area contributed by atoms with E-state index in [1.807, 2.05) is 6.92 Å². The molecule has 0 radical (unpaired) electrons. The molecule has 2 rings (SSSR count). The van der Waals surface area contributed by atoms with Crippen molar-refractivity contribution in [3.63, 3.8) is 0 Å². The number of halogens is 3. The van der Waals surface area contributed by atoms with Gasteiger partial charge in [-0.25, -0.2) is 0 Å². The zero-order chi connectivity index (χ0) is 12.7. The van der Waals surface area contributed by atoms with E-state index in [0.717, 1.165) is 12.4 Å². The van der Waals surface area contributed by atoms with Crippen LogP contribution in [0.5, 0.6) is 0 Å². The number of rotatable bonds is 3. The molecule has 0 saturated heterocycles. The molecule has 0 aliphatic heterocycles. The van der Waals surface area contributed by atoms with Crippen molar-refractivity contribution in [1.82, 2.24) is 0 Å². The summed E-state index contributed by atoms with van der Waals surface area (Å²) < 4.78 is 38.7. The minimum absolute atomic E-state index is 0.268. The van der Waals surface area contributed by atoms with Crippen LogP contribution in [0, 0.1) is 5.92 Å². The van der Waals surface area contributed by atoms with Crippen molar-refractivity contribution in [2.75, 3.05) is 0 Å². The minimum Gasteiger partial charge on any atom is -0.303 e. The average molecular weight is 242 g/mol. The summed E-state index contributed by atoms with van der Waals surface area (Å²) in [5.74, 6) is -0.268. The van der Waals surface area contributed by atoms with Crippen LogP contribution in [-0.2, 0) is 16.4 Å². The maximum absolute atomic E-state index is 12.9. The maximum Gasteiger partial charge on any atom is 0.416 e. The Labute approximate surface area is 97.6 Å². The number of carbonyl (C=O) groups excluding carboxylic acids is 1. The van der Waals surface area contributed by atoms with Crippen LogP contribution in [-0.4, -0.2) is 6.29 Å². The van der Waals surface area contributed by atoms with E-state index in [4.69, 9.17) is 0 Å². The highest BCUT2D eigenvalue weighted by atomic mass is 19.4. The first-order chi connectivity index (χ1) is 7.95. The fourth-order valence-corrected chi connectivity index (χ4v) is 2.58. The third-order valence-corrected chi connectivity index (χ3v) is 3.70. The zero-order valence-corrected chi connectivity index (χ0v) is 9.42. The lowest BCUT2D eigenvalue weighted by atomic mass is 9.87. The van der Waals surface area contributed by atoms with Gasteiger partial charge in [0, 0.05) is 11.3 Å². The summed E-state index contributed by atoms with van der Waals surface area (Å²) in [6.45, 7) is 1.83. The molecule has 0 aromatic heterocycles. The molecule has 17 heavy (non-hydrogen) atoms. The lowest BCUT2D eigenvalue weighted by Crippen LogP contribution is -2.17. The second-order valence-corrected chi connectivity index (χ2v) is 4.50. The summed E-state index contributed by atoms with van der Waals surface area (Å²) in [6.07, 6.45) is -2.49. The number of carbonyl (C=O) groups is 1. The molecular weight excluding hydrogens is 229 g/mol. The molecule has 1 aromatic rings. The Balaban J connectivity index is 2.50. The van der Waals surface area contributed by atoms with Gasteiger partial charge in [0.15, 0.2) is 0 Å². The second-order valence-electron chi connectivity index (χ2n) is 4.50. The third kappa shape index (κ3) is 1.85. The lowest BCUT2D eigenvalue weighted by Gasteiger charge is -2.20. The molecule has 1 aromatic carbocycles. The van der Waals surface area contributed by atoms with Crippen LogP contribution in [0.15, 0.2) is 24.3 Å². The summed E-state index contributed by atoms with van der Waals surface area (Å²) in [5.41, 5.74) is -0.924. The molecule has 0 amide bonds. The van der Waals surface area contributed by atoms with Crippen LogP contribution < -0.4 is 0 Å². The summed E-state index contributed by atoms with van der Waals surface area (Å²) >= 11 is 0. The molecule has 0 spiro atoms. The first-order valence-electron chi connectivity index (χ1n) is 5.57. The monoisotopic (exact) mass is 242 g/mol. The maximum atomic E-state index is 12.9. The zero-order valence-electron chi connectivity index (χ0n) is 9.42. The van der Waals surface area contributed by atoms with Gasteiger partial charge in [0.1, 0.15) is 6.29 Å². The quantitative estimate of drug-likeness (QED) is 0.740. The molecule has 92 valence electrons. The van der Waals surface area contributed by atoms with Gasteiger partial charge in [-0.05, 0) is 24.5 Å². The van der Waals surface area contributed by atoms with Gasteiger partial charge < -0.3 is 4.79 Å². The molecule has 2 unspecified atom stereocenters. The Morgan fingerprint density at radius 1 is 1.41 bits per heavy atom. The van der Waals surface area contributed by atoms with Gasteiger partial charge in [-0.3, -0.25) is 0 Å². The van der Waals surface area contributed by atoms with Crippen molar-refractivity contribution in [1.29, 1.82) is 0 Å². The van der Waals surface area contributed by atoms with Crippen LogP contribution in [0.25, 0.3) is 0 Å². The minimum atomic E-state index is -4.35. The first-order valence-corrected chi connectivity index (χ1v) is 5.57. The number of hydrogen-bond donors (Lipinski definition) is 0. The van der Waals surface area contributed by atoms with Crippen molar-refractivity contribution < 1.29 is 18.0 Å². The molecule has 0 heterocycles. The van der Waals surface area contributed by atoms with E-state index in [1.165, 1.54) is 12.1 Å². The SMILES string of the molecule is CCC1(c2ccccc2C(F)(F)F)CC1C=O. The number of hydrogen-bond acceptors (Lipinski definition) is 1. The van der Waals surface area contributed by atoms with Crippen molar-refractivity contribution in [3.8, 4) is 0 Å². The smallest absolute Gasteiger partial charge is 0.303 e. The first kappa shape index (κ1) is 12.1. The largest absolute Gasteiger partial charge is 0.416 e. The molecule has 1 nitrogen and oxygen atoms in total. The van der Waals surface area contributed by atoms with Gasteiger partial charge in [0.05, 0.1) is 5.56 Å². The molecule has 1 aliphatic carbocycles. The highest BCUT2D eigenvalue weighted by molar-refractivity contribution is 5.65. The highest BCUT2D eigenvalue weighted by Crippen LogP contribution is 2.57. The lowest BCUT2D eigenvalue weighted by molar-refractivity contribution is -0.138. The van der Waals surface area contributed by atoms with Gasteiger partial charge in [-0.2, -0.15) is 13.2 Å². The van der Waals surface area contributed by atoms with Crippen molar-refractivity contribution >= 4 is 6.29 Å². The van der Waals surface area contributed by atoms with Crippen LogP contribution in [0.2, 0.25) is 0 Å². The van der Waals surface area contributed by atoms with E-state index in [1.54, 1.807) is 6.07 Å². The predicted molar refractivity (Wildman–Crippen MR) is 57.6 cm³/mol. The summed E-state index contributed by atoms with van der Waals surface area (Å²) in [4.78, 5) is 10.8. The van der Waals surface area contributed by atoms with Gasteiger partial charge in [-0.15, -0.1) is 0 Å². The van der Waals surface area contributed by atoms with Crippen LogP contribution in [0.1, 0.15) is 30.9 Å². The Hall–Kier alpha value is -1.32. The second kappa shape index (κ2) is 3.86. The summed E-state index contributed by atoms with van der Waals surface area (Å²) in [7, 11) is 0. The van der Waals surface area contributed by atoms with Gasteiger partial charge in [-0.1, -0.05) is 25.1 Å². The Morgan fingerprint density at radius 2 is 2.06 bits per heavy atom. The van der Waals surface area contributed by atoms with Crippen LogP contribution in [0.3, 0.4) is 0 Å². The van der Waals surface area contributed by atoms with E-state index >= 15 is 0 Å². The fourth-order valence-electron chi connectivity index (χ4n) is 2.58. The molecule has 0 bridgehead atoms. The average Bonchev–Trinajstić information content (AvgIpc) is 3.03. The Bertz CT molecular complexity index is 439. The van der Waals surface area contributed by atoms with Gasteiger partial charge in [0.2, 0.25) is 0 Å². The molecule has 2 atom stereocenters. The van der Waals surface area contributed by atoms with E-state index in [0.29, 0.717) is 12.8 Å². The number of benzene rings is 1. The Kier molecular flexibility index (Phi) is 2.76. The topological polar surface area (TPSA) is 17.1 Å². The van der Waals surface area contributed by atoms with Crippen LogP contribution in [0.4, 0.5) is 13.2 Å². The summed E-state index contributed by atoms with van der Waals surface area (Å²) in [5, 5.41) is 0. The summed E-state index contributed by atoms with van der Waals surface area (Å²) in [6, 6.07) is 5.57. The van der Waals surface area contributed by atoms with E-state index in [2.05, 4.69) is 0 Å². The standard InChI is InChI=1S/C13H13F3O/c1-2-12(7-9(12)8-17)10-5-3-4-6-11(10)13(14,15)16/h3-6,8-9H,2,7H2,1H3. The fraction of sp³-hybridized carbons (Fsp3) is 0.462. The molecule has 1 fully saturated rings. The normalized spacial score (nSPS) is 27.9. The van der Waals surface area contributed by atoms with Crippen molar-refractivity contribution in [2.24, 2.45) is 5.92 Å².